The minimum Gasteiger partial charge on any atom is -0.399 e. The molecule has 0 amide bonds. The number of anilines is 2. The number of nitrogens with two attached hydrogens (primary N) is 1. The molecule has 5 aromatic carbocycles. The van der Waals surface area contributed by atoms with Crippen LogP contribution in [-0.2, 0) is 0 Å². The molecule has 0 unspecified atom stereocenters. The standard InChI is InChI=1S/C36H29N3/c1-38-34-18-17-32(37)24-33(34)36-23-31(22-35(39-36)27-15-9-4-10-16-27)30-20-28(25-11-5-2-6-12-25)19-29(21-30)26-13-7-3-8-14-26/h2-24,38H,37H2,1H3. The quantitative estimate of drug-likeness (QED) is 0.223. The highest BCUT2D eigenvalue weighted by Crippen LogP contribution is 2.37. The van der Waals surface area contributed by atoms with Gasteiger partial charge in [0.25, 0.3) is 0 Å². The Morgan fingerprint density at radius 1 is 0.462 bits per heavy atom. The number of hydrogen-bond acceptors (Lipinski definition) is 3. The van der Waals surface area contributed by atoms with Gasteiger partial charge in [0.1, 0.15) is 0 Å². The normalized spacial score (nSPS) is 10.8. The van der Waals surface area contributed by atoms with Gasteiger partial charge in [-0.05, 0) is 81.9 Å². The minimum absolute atomic E-state index is 0.704. The molecule has 3 heteroatoms. The zero-order chi connectivity index (χ0) is 26.6. The summed E-state index contributed by atoms with van der Waals surface area (Å²) in [4.78, 5) is 5.11. The van der Waals surface area contributed by atoms with E-state index in [0.717, 1.165) is 39.3 Å². The van der Waals surface area contributed by atoms with Gasteiger partial charge in [-0.25, -0.2) is 4.98 Å². The second-order valence-electron chi connectivity index (χ2n) is 9.58. The molecule has 0 fully saturated rings. The maximum Gasteiger partial charge on any atom is 0.0737 e. The molecular weight excluding hydrogens is 474 g/mol. The summed E-state index contributed by atoms with van der Waals surface area (Å²) in [6, 6.07) is 48.5. The zero-order valence-electron chi connectivity index (χ0n) is 21.8. The zero-order valence-corrected chi connectivity index (χ0v) is 21.8. The van der Waals surface area contributed by atoms with E-state index in [2.05, 4.69) is 108 Å². The van der Waals surface area contributed by atoms with Crippen molar-refractivity contribution in [3.8, 4) is 55.9 Å². The van der Waals surface area contributed by atoms with Gasteiger partial charge < -0.3 is 11.1 Å². The van der Waals surface area contributed by atoms with Crippen molar-refractivity contribution >= 4 is 11.4 Å². The number of aromatic nitrogens is 1. The first-order valence-electron chi connectivity index (χ1n) is 13.1. The summed E-state index contributed by atoms with van der Waals surface area (Å²) in [5.74, 6) is 0. The van der Waals surface area contributed by atoms with Gasteiger partial charge in [-0.3, -0.25) is 0 Å². The Morgan fingerprint density at radius 3 is 1.46 bits per heavy atom. The van der Waals surface area contributed by atoms with Crippen molar-refractivity contribution in [2.75, 3.05) is 18.1 Å². The molecule has 0 aliphatic rings. The Kier molecular flexibility index (Phi) is 6.63. The van der Waals surface area contributed by atoms with Crippen molar-refractivity contribution in [1.82, 2.24) is 4.98 Å². The second kappa shape index (κ2) is 10.7. The third-order valence-corrected chi connectivity index (χ3v) is 6.96. The molecular formula is C36H29N3. The monoisotopic (exact) mass is 503 g/mol. The summed E-state index contributed by atoms with van der Waals surface area (Å²) in [5.41, 5.74) is 18.7. The molecule has 6 aromatic rings. The molecule has 0 atom stereocenters. The van der Waals surface area contributed by atoms with E-state index in [1.807, 2.05) is 43.4 Å². The molecule has 6 rings (SSSR count). The highest BCUT2D eigenvalue weighted by molar-refractivity contribution is 5.86. The van der Waals surface area contributed by atoms with Gasteiger partial charge >= 0.3 is 0 Å². The van der Waals surface area contributed by atoms with Gasteiger partial charge in [0, 0.05) is 29.5 Å². The van der Waals surface area contributed by atoms with E-state index in [1.165, 1.54) is 22.3 Å². The Morgan fingerprint density at radius 2 is 0.923 bits per heavy atom. The van der Waals surface area contributed by atoms with Gasteiger partial charge in [0.15, 0.2) is 0 Å². The molecule has 3 nitrogen and oxygen atoms in total. The molecule has 0 radical (unpaired) electrons. The van der Waals surface area contributed by atoms with Gasteiger partial charge in [-0.1, -0.05) is 91.0 Å². The number of pyridine rings is 1. The topological polar surface area (TPSA) is 50.9 Å². The predicted molar refractivity (Wildman–Crippen MR) is 165 cm³/mol. The molecule has 0 aliphatic carbocycles. The van der Waals surface area contributed by atoms with E-state index in [-0.39, 0.29) is 0 Å². The Labute approximate surface area is 229 Å². The molecule has 1 aromatic heterocycles. The van der Waals surface area contributed by atoms with Gasteiger partial charge in [-0.15, -0.1) is 0 Å². The van der Waals surface area contributed by atoms with E-state index in [4.69, 9.17) is 10.7 Å². The van der Waals surface area contributed by atoms with Crippen LogP contribution in [0.2, 0.25) is 0 Å². The van der Waals surface area contributed by atoms with E-state index >= 15 is 0 Å². The number of nitrogens with zero attached hydrogens (tertiary/aromatic N) is 1. The predicted octanol–water partition coefficient (Wildman–Crippen LogP) is 9.04. The van der Waals surface area contributed by atoms with E-state index in [0.29, 0.717) is 5.69 Å². The lowest BCUT2D eigenvalue weighted by atomic mass is 9.92. The number of benzene rings is 5. The number of nitrogens with one attached hydrogen (secondary N) is 1. The lowest BCUT2D eigenvalue weighted by Gasteiger charge is -2.15. The largest absolute Gasteiger partial charge is 0.399 e. The van der Waals surface area contributed by atoms with Crippen molar-refractivity contribution < 1.29 is 0 Å². The summed E-state index contributed by atoms with van der Waals surface area (Å²) < 4.78 is 0. The molecule has 1 heterocycles. The van der Waals surface area contributed by atoms with Crippen LogP contribution < -0.4 is 11.1 Å². The van der Waals surface area contributed by atoms with Crippen molar-refractivity contribution in [1.29, 1.82) is 0 Å². The van der Waals surface area contributed by atoms with Gasteiger partial charge in [0.2, 0.25) is 0 Å². The first kappa shape index (κ1) is 24.2. The summed E-state index contributed by atoms with van der Waals surface area (Å²) in [6.07, 6.45) is 0. The van der Waals surface area contributed by atoms with E-state index in [1.54, 1.807) is 0 Å². The van der Waals surface area contributed by atoms with Crippen molar-refractivity contribution in [3.63, 3.8) is 0 Å². The smallest absolute Gasteiger partial charge is 0.0737 e. The lowest BCUT2D eigenvalue weighted by Crippen LogP contribution is -1.97. The average Bonchev–Trinajstić information content (AvgIpc) is 3.02. The summed E-state index contributed by atoms with van der Waals surface area (Å²) >= 11 is 0. The Hall–Kier alpha value is -5.15. The van der Waals surface area contributed by atoms with Crippen LogP contribution in [0.15, 0.2) is 140 Å². The van der Waals surface area contributed by atoms with Crippen LogP contribution in [0, 0.1) is 0 Å². The summed E-state index contributed by atoms with van der Waals surface area (Å²) in [5, 5.41) is 3.31. The van der Waals surface area contributed by atoms with E-state index < -0.39 is 0 Å². The maximum absolute atomic E-state index is 6.23. The minimum atomic E-state index is 0.704. The molecule has 0 spiro atoms. The fourth-order valence-corrected chi connectivity index (χ4v) is 4.97. The molecule has 0 saturated carbocycles. The van der Waals surface area contributed by atoms with Crippen LogP contribution in [0.1, 0.15) is 0 Å². The average molecular weight is 504 g/mol. The third-order valence-electron chi connectivity index (χ3n) is 6.96. The second-order valence-corrected chi connectivity index (χ2v) is 9.58. The molecule has 39 heavy (non-hydrogen) atoms. The third kappa shape index (κ3) is 5.16. The molecule has 188 valence electrons. The van der Waals surface area contributed by atoms with Crippen molar-refractivity contribution in [3.05, 3.63) is 140 Å². The fraction of sp³-hybridized carbons (Fsp3) is 0.0278. The highest BCUT2D eigenvalue weighted by atomic mass is 14.8. The Bertz CT molecular complexity index is 1670. The highest BCUT2D eigenvalue weighted by Gasteiger charge is 2.14. The maximum atomic E-state index is 6.23. The van der Waals surface area contributed by atoms with Gasteiger partial charge in [-0.2, -0.15) is 0 Å². The van der Waals surface area contributed by atoms with Crippen LogP contribution in [0.5, 0.6) is 0 Å². The van der Waals surface area contributed by atoms with Crippen LogP contribution in [-0.4, -0.2) is 12.0 Å². The SMILES string of the molecule is CNc1ccc(N)cc1-c1cc(-c2cc(-c3ccccc3)cc(-c3ccccc3)c2)cc(-c2ccccc2)n1. The fourth-order valence-electron chi connectivity index (χ4n) is 4.97. The first-order chi connectivity index (χ1) is 19.2. The molecule has 0 bridgehead atoms. The van der Waals surface area contributed by atoms with Crippen LogP contribution in [0.3, 0.4) is 0 Å². The van der Waals surface area contributed by atoms with Crippen molar-refractivity contribution in [2.45, 2.75) is 0 Å². The number of rotatable bonds is 6. The Balaban J connectivity index is 1.61. The molecule has 0 aliphatic heterocycles. The van der Waals surface area contributed by atoms with Gasteiger partial charge in [0.05, 0.1) is 11.4 Å². The summed E-state index contributed by atoms with van der Waals surface area (Å²) in [6.45, 7) is 0. The van der Waals surface area contributed by atoms with Crippen LogP contribution >= 0.6 is 0 Å². The molecule has 0 saturated heterocycles. The summed E-state index contributed by atoms with van der Waals surface area (Å²) in [7, 11) is 1.92. The number of nitrogen functional groups attached to an aromatic ring is 1. The van der Waals surface area contributed by atoms with E-state index in [9.17, 15) is 0 Å². The number of hydrogen-bond donors (Lipinski definition) is 2. The molecule has 3 N–H and O–H groups in total. The first-order valence-corrected chi connectivity index (χ1v) is 13.1. The van der Waals surface area contributed by atoms with Crippen molar-refractivity contribution in [2.24, 2.45) is 0 Å². The van der Waals surface area contributed by atoms with Crippen LogP contribution in [0.4, 0.5) is 11.4 Å². The lowest BCUT2D eigenvalue weighted by molar-refractivity contribution is 1.32. The van der Waals surface area contributed by atoms with Crippen LogP contribution in [0.25, 0.3) is 55.9 Å².